The Labute approximate surface area is 196 Å². The highest BCUT2D eigenvalue weighted by Gasteiger charge is 2.43. The van der Waals surface area contributed by atoms with E-state index in [-0.39, 0.29) is 11.8 Å². The fraction of sp³-hybridized carbons (Fsp3) is 0.320. The second-order valence-corrected chi connectivity index (χ2v) is 9.26. The Balaban J connectivity index is 1.35. The summed E-state index contributed by atoms with van der Waals surface area (Å²) in [5.41, 5.74) is 2.80. The summed E-state index contributed by atoms with van der Waals surface area (Å²) < 4.78 is 11.4. The monoisotopic (exact) mass is 463 g/mol. The number of anilines is 2. The van der Waals surface area contributed by atoms with Gasteiger partial charge in [0.05, 0.1) is 11.1 Å². The van der Waals surface area contributed by atoms with Gasteiger partial charge in [-0.05, 0) is 42.7 Å². The number of rotatable bonds is 5. The van der Waals surface area contributed by atoms with Gasteiger partial charge in [0.15, 0.2) is 16.6 Å². The Morgan fingerprint density at radius 2 is 1.70 bits per heavy atom. The van der Waals surface area contributed by atoms with E-state index in [1.165, 1.54) is 18.3 Å². The molecule has 2 amide bonds. The van der Waals surface area contributed by atoms with Gasteiger partial charge < -0.3 is 20.1 Å². The number of aromatic nitrogens is 1. The predicted octanol–water partition coefficient (Wildman–Crippen LogP) is 4.99. The van der Waals surface area contributed by atoms with Crippen molar-refractivity contribution in [2.45, 2.75) is 38.0 Å². The number of carbonyl (C=O) groups is 2. The van der Waals surface area contributed by atoms with E-state index in [1.54, 1.807) is 0 Å². The SMILES string of the molecule is CC(=O)Nc1ccc(-c2csc(NC(=O)C3(c4ccc5c(c4)OCCO5)CCCC3)n2)cc1. The summed E-state index contributed by atoms with van der Waals surface area (Å²) in [4.78, 5) is 29.4. The smallest absolute Gasteiger partial charge is 0.236 e. The van der Waals surface area contributed by atoms with E-state index in [2.05, 4.69) is 15.6 Å². The second kappa shape index (κ2) is 8.86. The Bertz CT molecular complexity index is 1180. The standard InChI is InChI=1S/C25H25N3O4S/c1-16(29)26-19-7-4-17(5-8-19)20-15-33-24(27-20)28-23(30)25(10-2-3-11-25)18-6-9-21-22(14-18)32-13-12-31-21/h4-9,14-15H,2-3,10-13H2,1H3,(H,26,29)(H,27,28,30). The molecule has 0 saturated heterocycles. The van der Waals surface area contributed by atoms with E-state index in [1.807, 2.05) is 47.8 Å². The lowest BCUT2D eigenvalue weighted by Gasteiger charge is -2.29. The maximum atomic E-state index is 13.5. The van der Waals surface area contributed by atoms with Crippen LogP contribution in [-0.4, -0.2) is 30.0 Å². The second-order valence-electron chi connectivity index (χ2n) is 8.40. The van der Waals surface area contributed by atoms with Crippen molar-refractivity contribution in [3.05, 3.63) is 53.4 Å². The van der Waals surface area contributed by atoms with E-state index in [4.69, 9.17) is 9.47 Å². The molecule has 0 spiro atoms. The van der Waals surface area contributed by atoms with Crippen LogP contribution in [0, 0.1) is 0 Å². The molecule has 0 atom stereocenters. The van der Waals surface area contributed by atoms with Crippen LogP contribution in [0.1, 0.15) is 38.2 Å². The number of ether oxygens (including phenoxy) is 2. The lowest BCUT2D eigenvalue weighted by atomic mass is 9.78. The fourth-order valence-corrected chi connectivity index (χ4v) is 5.29. The summed E-state index contributed by atoms with van der Waals surface area (Å²) in [5.74, 6) is 1.29. The number of hydrogen-bond donors (Lipinski definition) is 2. The maximum absolute atomic E-state index is 13.5. The molecule has 5 rings (SSSR count). The molecule has 170 valence electrons. The van der Waals surface area contributed by atoms with E-state index >= 15 is 0 Å². The van der Waals surface area contributed by atoms with Crippen molar-refractivity contribution in [2.75, 3.05) is 23.8 Å². The molecular formula is C25H25N3O4S. The third kappa shape index (κ3) is 4.30. The fourth-order valence-electron chi connectivity index (χ4n) is 4.57. The number of thiazole rings is 1. The third-order valence-electron chi connectivity index (χ3n) is 6.21. The molecule has 0 radical (unpaired) electrons. The summed E-state index contributed by atoms with van der Waals surface area (Å²) in [6.07, 6.45) is 3.60. The number of nitrogens with zero attached hydrogens (tertiary/aromatic N) is 1. The molecule has 2 heterocycles. The van der Waals surface area contributed by atoms with Gasteiger partial charge in [0.25, 0.3) is 0 Å². The molecule has 1 aliphatic carbocycles. The predicted molar refractivity (Wildman–Crippen MR) is 128 cm³/mol. The van der Waals surface area contributed by atoms with Gasteiger partial charge in [0.2, 0.25) is 11.8 Å². The molecule has 0 bridgehead atoms. The molecule has 3 aromatic rings. The zero-order valence-electron chi connectivity index (χ0n) is 18.3. The summed E-state index contributed by atoms with van der Waals surface area (Å²) in [6.45, 7) is 2.54. The highest BCUT2D eigenvalue weighted by Crippen LogP contribution is 2.45. The first-order chi connectivity index (χ1) is 16.0. The number of benzene rings is 2. The van der Waals surface area contributed by atoms with Crippen molar-refractivity contribution in [3.8, 4) is 22.8 Å². The normalized spacial score (nSPS) is 16.3. The van der Waals surface area contributed by atoms with Gasteiger partial charge in [-0.25, -0.2) is 4.98 Å². The molecule has 0 unspecified atom stereocenters. The number of amides is 2. The lowest BCUT2D eigenvalue weighted by Crippen LogP contribution is -2.38. The van der Waals surface area contributed by atoms with Crippen LogP contribution in [0.25, 0.3) is 11.3 Å². The molecular weight excluding hydrogens is 438 g/mol. The van der Waals surface area contributed by atoms with Crippen molar-refractivity contribution < 1.29 is 19.1 Å². The van der Waals surface area contributed by atoms with E-state index in [0.29, 0.717) is 24.1 Å². The van der Waals surface area contributed by atoms with Gasteiger partial charge in [-0.15, -0.1) is 11.3 Å². The first-order valence-corrected chi connectivity index (χ1v) is 12.0. The highest BCUT2D eigenvalue weighted by atomic mass is 32.1. The van der Waals surface area contributed by atoms with Crippen LogP contribution >= 0.6 is 11.3 Å². The highest BCUT2D eigenvalue weighted by molar-refractivity contribution is 7.14. The minimum atomic E-state index is -0.596. The average Bonchev–Trinajstić information content (AvgIpc) is 3.50. The van der Waals surface area contributed by atoms with Crippen molar-refractivity contribution in [1.29, 1.82) is 0 Å². The summed E-state index contributed by atoms with van der Waals surface area (Å²) >= 11 is 1.41. The van der Waals surface area contributed by atoms with E-state index in [0.717, 1.165) is 53.9 Å². The largest absolute Gasteiger partial charge is 0.486 e. The first-order valence-electron chi connectivity index (χ1n) is 11.1. The Kier molecular flexibility index (Phi) is 5.76. The van der Waals surface area contributed by atoms with Gasteiger partial charge in [-0.2, -0.15) is 0 Å². The van der Waals surface area contributed by atoms with Crippen LogP contribution in [-0.2, 0) is 15.0 Å². The van der Waals surface area contributed by atoms with Gasteiger partial charge in [0.1, 0.15) is 13.2 Å². The topological polar surface area (TPSA) is 89.6 Å². The van der Waals surface area contributed by atoms with Crippen LogP contribution in [0.3, 0.4) is 0 Å². The summed E-state index contributed by atoms with van der Waals surface area (Å²) in [5, 5.41) is 8.32. The first kappa shape index (κ1) is 21.5. The molecule has 8 heteroatoms. The van der Waals surface area contributed by atoms with Crippen molar-refractivity contribution in [1.82, 2.24) is 4.98 Å². The van der Waals surface area contributed by atoms with Gasteiger partial charge in [-0.3, -0.25) is 9.59 Å². The minimum absolute atomic E-state index is 0.0291. The molecule has 7 nitrogen and oxygen atoms in total. The molecule has 1 saturated carbocycles. The quantitative estimate of drug-likeness (QED) is 0.556. The lowest BCUT2D eigenvalue weighted by molar-refractivity contribution is -0.121. The van der Waals surface area contributed by atoms with E-state index < -0.39 is 5.41 Å². The molecule has 2 aliphatic rings. The van der Waals surface area contributed by atoms with E-state index in [9.17, 15) is 9.59 Å². The van der Waals surface area contributed by atoms with Crippen molar-refractivity contribution in [3.63, 3.8) is 0 Å². The van der Waals surface area contributed by atoms with Crippen LogP contribution in [0.2, 0.25) is 0 Å². The summed E-state index contributed by atoms with van der Waals surface area (Å²) in [7, 11) is 0. The number of carbonyl (C=O) groups excluding carboxylic acids is 2. The maximum Gasteiger partial charge on any atom is 0.236 e. The molecule has 1 fully saturated rings. The van der Waals surface area contributed by atoms with Crippen molar-refractivity contribution >= 4 is 34.0 Å². The van der Waals surface area contributed by atoms with Gasteiger partial charge in [0, 0.05) is 23.6 Å². The Morgan fingerprint density at radius 3 is 2.42 bits per heavy atom. The molecule has 33 heavy (non-hydrogen) atoms. The minimum Gasteiger partial charge on any atom is -0.486 e. The molecule has 1 aliphatic heterocycles. The molecule has 1 aromatic heterocycles. The number of fused-ring (bicyclic) bond motifs is 1. The zero-order chi connectivity index (χ0) is 22.8. The van der Waals surface area contributed by atoms with Crippen LogP contribution in [0.4, 0.5) is 10.8 Å². The molecule has 2 N–H and O–H groups in total. The Morgan fingerprint density at radius 1 is 0.970 bits per heavy atom. The van der Waals surface area contributed by atoms with Gasteiger partial charge >= 0.3 is 0 Å². The van der Waals surface area contributed by atoms with Gasteiger partial charge in [-0.1, -0.05) is 31.0 Å². The molecule has 2 aromatic carbocycles. The average molecular weight is 464 g/mol. The summed E-state index contributed by atoms with van der Waals surface area (Å²) in [6, 6.07) is 13.3. The van der Waals surface area contributed by atoms with Crippen LogP contribution < -0.4 is 20.1 Å². The zero-order valence-corrected chi connectivity index (χ0v) is 19.2. The number of nitrogens with one attached hydrogen (secondary N) is 2. The van der Waals surface area contributed by atoms with Crippen LogP contribution in [0.5, 0.6) is 11.5 Å². The van der Waals surface area contributed by atoms with Crippen LogP contribution in [0.15, 0.2) is 47.8 Å². The van der Waals surface area contributed by atoms with Crippen molar-refractivity contribution in [2.24, 2.45) is 0 Å². The third-order valence-corrected chi connectivity index (χ3v) is 6.97. The number of hydrogen-bond acceptors (Lipinski definition) is 6. The Hall–Kier alpha value is -3.39.